The average molecular weight is 408 g/mol. The third kappa shape index (κ3) is 3.74. The summed E-state index contributed by atoms with van der Waals surface area (Å²) in [5.74, 6) is -0.855. The molecule has 0 spiro atoms. The highest BCUT2D eigenvalue weighted by Crippen LogP contribution is 2.40. The summed E-state index contributed by atoms with van der Waals surface area (Å²) in [6.45, 7) is 1.44. The molecule has 2 heterocycles. The van der Waals surface area contributed by atoms with Crippen molar-refractivity contribution < 1.29 is 23.8 Å². The van der Waals surface area contributed by atoms with Crippen molar-refractivity contribution in [3.05, 3.63) is 52.6 Å². The highest BCUT2D eigenvalue weighted by molar-refractivity contribution is 6.31. The number of hydrogen-bond acceptors (Lipinski definition) is 4. The maximum absolute atomic E-state index is 13.3. The summed E-state index contributed by atoms with van der Waals surface area (Å²) in [7, 11) is 0. The molecule has 9 heteroatoms. The predicted molar refractivity (Wildman–Crippen MR) is 97.8 cm³/mol. The van der Waals surface area contributed by atoms with E-state index in [0.29, 0.717) is 35.5 Å². The molecule has 1 amide bonds. The minimum absolute atomic E-state index is 0.0508. The Bertz CT molecular complexity index is 904. The van der Waals surface area contributed by atoms with Crippen LogP contribution in [0.25, 0.3) is 0 Å². The smallest absolute Gasteiger partial charge is 0.356 e. The molecular weight excluding hydrogens is 389 g/mol. The van der Waals surface area contributed by atoms with Crippen molar-refractivity contribution in [2.45, 2.75) is 25.6 Å². The number of carboxylic acids is 1. The molecule has 148 valence electrons. The first kappa shape index (κ1) is 18.9. The van der Waals surface area contributed by atoms with Gasteiger partial charge in [-0.25, -0.2) is 14.0 Å². The molecule has 1 saturated carbocycles. The van der Waals surface area contributed by atoms with Crippen LogP contribution in [0, 0.1) is 17.7 Å². The molecule has 3 atom stereocenters. The van der Waals surface area contributed by atoms with E-state index >= 15 is 0 Å². The molecule has 4 rings (SSSR count). The summed E-state index contributed by atoms with van der Waals surface area (Å²) in [4.78, 5) is 25.1. The highest BCUT2D eigenvalue weighted by Gasteiger charge is 2.43. The van der Waals surface area contributed by atoms with Gasteiger partial charge in [0.2, 0.25) is 0 Å². The topological polar surface area (TPSA) is 84.7 Å². The fourth-order valence-corrected chi connectivity index (χ4v) is 4.26. The van der Waals surface area contributed by atoms with Gasteiger partial charge in [0.05, 0.1) is 12.7 Å². The second kappa shape index (κ2) is 7.52. The number of nitrogens with zero attached hydrogens (tertiary/aromatic N) is 3. The number of likely N-dealkylation sites (tertiary alicyclic amines) is 1. The van der Waals surface area contributed by atoms with Crippen molar-refractivity contribution in [2.24, 2.45) is 11.8 Å². The van der Waals surface area contributed by atoms with Gasteiger partial charge in [-0.3, -0.25) is 0 Å². The van der Waals surface area contributed by atoms with Crippen LogP contribution in [-0.4, -0.2) is 51.0 Å². The zero-order chi connectivity index (χ0) is 19.8. The third-order valence-electron chi connectivity index (χ3n) is 5.46. The molecule has 7 nitrogen and oxygen atoms in total. The molecule has 1 saturated heterocycles. The number of benzene rings is 1. The monoisotopic (exact) mass is 407 g/mol. The predicted octanol–water partition coefficient (Wildman–Crippen LogP) is 3.27. The van der Waals surface area contributed by atoms with Crippen molar-refractivity contribution in [1.29, 1.82) is 0 Å². The Morgan fingerprint density at radius 3 is 2.61 bits per heavy atom. The lowest BCUT2D eigenvalue weighted by Gasteiger charge is -2.19. The summed E-state index contributed by atoms with van der Waals surface area (Å²) in [6, 6.07) is 5.21. The molecular formula is C19H19ClFN3O4. The number of ether oxygens (including phenoxy) is 1. The zero-order valence-electron chi connectivity index (χ0n) is 14.9. The minimum Gasteiger partial charge on any atom is -0.476 e. The first-order chi connectivity index (χ1) is 13.4. The lowest BCUT2D eigenvalue weighted by molar-refractivity contribution is 0.0382. The fourth-order valence-electron chi connectivity index (χ4n) is 4.09. The van der Waals surface area contributed by atoms with Crippen LogP contribution in [0.4, 0.5) is 9.18 Å². The van der Waals surface area contributed by atoms with E-state index in [1.807, 2.05) is 0 Å². The molecule has 0 bridgehead atoms. The molecule has 1 unspecified atom stereocenters. The van der Waals surface area contributed by atoms with Gasteiger partial charge < -0.3 is 14.7 Å². The molecule has 28 heavy (non-hydrogen) atoms. The summed E-state index contributed by atoms with van der Waals surface area (Å²) >= 11 is 6.08. The number of halogens is 2. The van der Waals surface area contributed by atoms with Gasteiger partial charge >= 0.3 is 12.0 Å². The summed E-state index contributed by atoms with van der Waals surface area (Å²) in [5.41, 5.74) is 0.473. The Labute approximate surface area is 165 Å². The van der Waals surface area contributed by atoms with E-state index < -0.39 is 5.97 Å². The van der Waals surface area contributed by atoms with Crippen LogP contribution in [0.15, 0.2) is 30.5 Å². The Morgan fingerprint density at radius 2 is 1.96 bits per heavy atom. The number of hydrogen-bond donors (Lipinski definition) is 1. The van der Waals surface area contributed by atoms with Gasteiger partial charge in [0.1, 0.15) is 5.82 Å². The lowest BCUT2D eigenvalue weighted by atomic mass is 10.0. The number of amides is 1. The quantitative estimate of drug-likeness (QED) is 0.840. The number of carbonyl (C=O) groups is 2. The molecule has 2 aliphatic rings. The van der Waals surface area contributed by atoms with Crippen LogP contribution in [0.2, 0.25) is 5.02 Å². The van der Waals surface area contributed by atoms with Crippen LogP contribution in [-0.2, 0) is 11.3 Å². The molecule has 1 aromatic carbocycles. The molecule has 1 aromatic heterocycles. The van der Waals surface area contributed by atoms with Crippen LogP contribution in [0.1, 0.15) is 28.9 Å². The van der Waals surface area contributed by atoms with Crippen LogP contribution in [0.3, 0.4) is 0 Å². The van der Waals surface area contributed by atoms with Crippen molar-refractivity contribution in [2.75, 3.05) is 13.1 Å². The SMILES string of the molecule is O=C(O)c1ccn(C(=O)N2C[C@H]3CC(OCc4cc(F)ccc4Cl)C[C@H]3C2)n1. The first-order valence-corrected chi connectivity index (χ1v) is 9.42. The van der Waals surface area contributed by atoms with E-state index in [9.17, 15) is 14.0 Å². The zero-order valence-corrected chi connectivity index (χ0v) is 15.7. The van der Waals surface area contributed by atoms with Gasteiger partial charge in [0.25, 0.3) is 0 Å². The van der Waals surface area contributed by atoms with E-state index in [2.05, 4.69) is 5.10 Å². The molecule has 2 fully saturated rings. The van der Waals surface area contributed by atoms with E-state index in [1.165, 1.54) is 30.5 Å². The Balaban J connectivity index is 1.31. The molecule has 2 aromatic rings. The number of aromatic carboxylic acids is 1. The summed E-state index contributed by atoms with van der Waals surface area (Å²) < 4.78 is 20.4. The Hall–Kier alpha value is -2.45. The van der Waals surface area contributed by atoms with Gasteiger partial charge in [-0.15, -0.1) is 0 Å². The van der Waals surface area contributed by atoms with Crippen LogP contribution in [0.5, 0.6) is 0 Å². The van der Waals surface area contributed by atoms with Crippen molar-refractivity contribution >= 4 is 23.6 Å². The van der Waals surface area contributed by atoms with Gasteiger partial charge in [0.15, 0.2) is 5.69 Å². The van der Waals surface area contributed by atoms with Gasteiger partial charge in [-0.2, -0.15) is 9.78 Å². The van der Waals surface area contributed by atoms with Crippen molar-refractivity contribution in [3.63, 3.8) is 0 Å². The molecule has 1 aliphatic carbocycles. The van der Waals surface area contributed by atoms with E-state index in [4.69, 9.17) is 21.4 Å². The maximum Gasteiger partial charge on any atom is 0.356 e. The molecule has 0 radical (unpaired) electrons. The fraction of sp³-hybridized carbons (Fsp3) is 0.421. The Morgan fingerprint density at radius 1 is 1.25 bits per heavy atom. The lowest BCUT2D eigenvalue weighted by Crippen LogP contribution is -2.34. The van der Waals surface area contributed by atoms with Gasteiger partial charge in [0, 0.05) is 24.3 Å². The number of carboxylic acid groups (broad SMARTS) is 1. The third-order valence-corrected chi connectivity index (χ3v) is 5.83. The number of fused-ring (bicyclic) bond motifs is 1. The second-order valence-corrected chi connectivity index (χ2v) is 7.71. The number of rotatable bonds is 4. The minimum atomic E-state index is -1.16. The van der Waals surface area contributed by atoms with E-state index in [-0.39, 0.29) is 30.3 Å². The van der Waals surface area contributed by atoms with E-state index in [1.54, 1.807) is 4.90 Å². The van der Waals surface area contributed by atoms with Crippen LogP contribution >= 0.6 is 11.6 Å². The largest absolute Gasteiger partial charge is 0.476 e. The summed E-state index contributed by atoms with van der Waals surface area (Å²) in [5, 5.41) is 13.2. The standard InChI is InChI=1S/C19H19ClFN3O4/c20-16-2-1-14(21)5-13(16)10-28-15-6-11-8-23(9-12(11)7-15)19(27)24-4-3-17(22-24)18(25)26/h1-5,11-12,15H,6-10H2,(H,25,26)/t11-,12+,15?. The number of carbonyl (C=O) groups excluding carboxylic acids is 1. The summed E-state index contributed by atoms with van der Waals surface area (Å²) in [6.07, 6.45) is 3.06. The highest BCUT2D eigenvalue weighted by atomic mass is 35.5. The second-order valence-electron chi connectivity index (χ2n) is 7.30. The average Bonchev–Trinajstić information content (AvgIpc) is 3.36. The van der Waals surface area contributed by atoms with Gasteiger partial charge in [-0.05, 0) is 54.5 Å². The Kier molecular flexibility index (Phi) is 5.07. The molecule has 1 aliphatic heterocycles. The molecule has 1 N–H and O–H groups in total. The van der Waals surface area contributed by atoms with Crippen molar-refractivity contribution in [1.82, 2.24) is 14.7 Å². The number of aromatic nitrogens is 2. The van der Waals surface area contributed by atoms with Gasteiger partial charge in [-0.1, -0.05) is 11.6 Å². The van der Waals surface area contributed by atoms with E-state index in [0.717, 1.165) is 17.5 Å². The van der Waals surface area contributed by atoms with Crippen LogP contribution < -0.4 is 0 Å². The maximum atomic E-state index is 13.3. The first-order valence-electron chi connectivity index (χ1n) is 9.04. The van der Waals surface area contributed by atoms with Crippen molar-refractivity contribution in [3.8, 4) is 0 Å². The normalized spacial score (nSPS) is 23.8.